The smallest absolute Gasteiger partial charge is 0.0205 e. The van der Waals surface area contributed by atoms with E-state index in [1.807, 2.05) is 0 Å². The predicted molar refractivity (Wildman–Crippen MR) is 74.0 cm³/mol. The van der Waals surface area contributed by atoms with E-state index in [1.165, 1.54) is 43.4 Å². The molecule has 1 aromatic rings. The first kappa shape index (κ1) is 12.6. The number of nitrogens with one attached hydrogen (secondary N) is 1. The van der Waals surface area contributed by atoms with Crippen LogP contribution < -0.4 is 5.32 Å². The molecule has 0 radical (unpaired) electrons. The van der Waals surface area contributed by atoms with E-state index in [1.54, 1.807) is 0 Å². The summed E-state index contributed by atoms with van der Waals surface area (Å²) in [6.07, 6.45) is 5.49. The Morgan fingerprint density at radius 2 is 1.76 bits per heavy atom. The lowest BCUT2D eigenvalue weighted by atomic mass is 9.85. The zero-order valence-corrected chi connectivity index (χ0v) is 11.2. The fraction of sp³-hybridized carbons (Fsp3) is 0.625. The Kier molecular flexibility index (Phi) is 4.61. The van der Waals surface area contributed by atoms with Gasteiger partial charge < -0.3 is 5.32 Å². The maximum atomic E-state index is 3.56. The second-order valence-electron chi connectivity index (χ2n) is 5.84. The molecular weight excluding hydrogens is 206 g/mol. The third-order valence-electron chi connectivity index (χ3n) is 3.65. The highest BCUT2D eigenvalue weighted by molar-refractivity contribution is 5.22. The van der Waals surface area contributed by atoms with Gasteiger partial charge in [0.2, 0.25) is 0 Å². The Balaban J connectivity index is 1.72. The van der Waals surface area contributed by atoms with Crippen molar-refractivity contribution >= 4 is 0 Å². The van der Waals surface area contributed by atoms with Crippen molar-refractivity contribution in [1.29, 1.82) is 0 Å². The van der Waals surface area contributed by atoms with Crippen LogP contribution in [-0.2, 0) is 13.0 Å². The summed E-state index contributed by atoms with van der Waals surface area (Å²) in [5.41, 5.74) is 2.87. The third-order valence-corrected chi connectivity index (χ3v) is 3.65. The first-order valence-electron chi connectivity index (χ1n) is 7.02. The molecule has 0 aromatic heterocycles. The average Bonchev–Trinajstić information content (AvgIpc) is 2.23. The van der Waals surface area contributed by atoms with Gasteiger partial charge in [0.15, 0.2) is 0 Å². The minimum Gasteiger partial charge on any atom is -0.312 e. The number of hydrogen-bond donors (Lipinski definition) is 1. The van der Waals surface area contributed by atoms with E-state index in [4.69, 9.17) is 0 Å². The van der Waals surface area contributed by atoms with Crippen molar-refractivity contribution in [2.24, 2.45) is 11.8 Å². The maximum absolute atomic E-state index is 3.56. The lowest BCUT2D eigenvalue weighted by molar-refractivity contribution is 0.301. The molecule has 0 spiro atoms. The molecule has 0 amide bonds. The lowest BCUT2D eigenvalue weighted by Crippen LogP contribution is -2.26. The van der Waals surface area contributed by atoms with Crippen LogP contribution >= 0.6 is 0 Å². The highest BCUT2D eigenvalue weighted by Crippen LogP contribution is 2.25. The Morgan fingerprint density at radius 1 is 1.12 bits per heavy atom. The summed E-state index contributed by atoms with van der Waals surface area (Å²) in [6.45, 7) is 6.77. The second-order valence-corrected chi connectivity index (χ2v) is 5.84. The van der Waals surface area contributed by atoms with Gasteiger partial charge in [-0.3, -0.25) is 0 Å². The first-order valence-corrected chi connectivity index (χ1v) is 7.02. The molecule has 94 valence electrons. The summed E-state index contributed by atoms with van der Waals surface area (Å²) >= 11 is 0. The second kappa shape index (κ2) is 6.20. The van der Waals surface area contributed by atoms with Gasteiger partial charge in [-0.2, -0.15) is 0 Å². The summed E-state index contributed by atoms with van der Waals surface area (Å²) < 4.78 is 0. The predicted octanol–water partition coefficient (Wildman–Crippen LogP) is 3.77. The van der Waals surface area contributed by atoms with Crippen molar-refractivity contribution in [3.05, 3.63) is 35.4 Å². The van der Waals surface area contributed by atoms with Crippen molar-refractivity contribution in [1.82, 2.24) is 5.32 Å². The van der Waals surface area contributed by atoms with Crippen LogP contribution in [0.25, 0.3) is 0 Å². The molecule has 1 aromatic carbocycles. The maximum Gasteiger partial charge on any atom is 0.0205 e. The fourth-order valence-corrected chi connectivity index (χ4v) is 2.38. The standard InChI is InChI=1S/C16H25N/c1-13(2)10-14-6-8-16(9-7-14)12-17-11-15-4-3-5-15/h6-9,13,15,17H,3-5,10-12H2,1-2H3. The molecule has 1 aliphatic rings. The summed E-state index contributed by atoms with van der Waals surface area (Å²) in [7, 11) is 0. The monoisotopic (exact) mass is 231 g/mol. The number of hydrogen-bond acceptors (Lipinski definition) is 1. The van der Waals surface area contributed by atoms with Gasteiger partial charge in [0, 0.05) is 6.54 Å². The Hall–Kier alpha value is -0.820. The Morgan fingerprint density at radius 3 is 2.29 bits per heavy atom. The molecule has 0 saturated heterocycles. The summed E-state index contributed by atoms with van der Waals surface area (Å²) in [4.78, 5) is 0. The van der Waals surface area contributed by atoms with Crippen LogP contribution in [0, 0.1) is 11.8 Å². The molecule has 0 bridgehead atoms. The molecule has 1 saturated carbocycles. The van der Waals surface area contributed by atoms with Gasteiger partial charge in [0.1, 0.15) is 0 Å². The van der Waals surface area contributed by atoms with Gasteiger partial charge in [0.25, 0.3) is 0 Å². The first-order chi connectivity index (χ1) is 8.24. The van der Waals surface area contributed by atoms with E-state index < -0.39 is 0 Å². The molecule has 0 unspecified atom stereocenters. The van der Waals surface area contributed by atoms with Crippen molar-refractivity contribution < 1.29 is 0 Å². The zero-order chi connectivity index (χ0) is 12.1. The largest absolute Gasteiger partial charge is 0.312 e. The minimum atomic E-state index is 0.748. The highest BCUT2D eigenvalue weighted by Gasteiger charge is 2.16. The molecule has 2 rings (SSSR count). The Bertz CT molecular complexity index is 322. The molecule has 0 atom stereocenters. The van der Waals surface area contributed by atoms with E-state index in [9.17, 15) is 0 Å². The summed E-state index contributed by atoms with van der Waals surface area (Å²) in [5, 5.41) is 3.56. The summed E-state index contributed by atoms with van der Waals surface area (Å²) in [6, 6.07) is 9.09. The fourth-order valence-electron chi connectivity index (χ4n) is 2.38. The number of rotatable bonds is 6. The lowest BCUT2D eigenvalue weighted by Gasteiger charge is -2.25. The van der Waals surface area contributed by atoms with Crippen LogP contribution in [0.3, 0.4) is 0 Å². The molecule has 1 nitrogen and oxygen atoms in total. The van der Waals surface area contributed by atoms with Gasteiger partial charge in [0.05, 0.1) is 0 Å². The van der Waals surface area contributed by atoms with Crippen LogP contribution in [0.4, 0.5) is 0 Å². The quantitative estimate of drug-likeness (QED) is 0.785. The van der Waals surface area contributed by atoms with Crippen LogP contribution in [-0.4, -0.2) is 6.54 Å². The van der Waals surface area contributed by atoms with Gasteiger partial charge in [-0.1, -0.05) is 44.5 Å². The molecule has 1 fully saturated rings. The normalized spacial score (nSPS) is 16.2. The van der Waals surface area contributed by atoms with E-state index >= 15 is 0 Å². The minimum absolute atomic E-state index is 0.748. The molecule has 17 heavy (non-hydrogen) atoms. The Labute approximate surface area is 106 Å². The summed E-state index contributed by atoms with van der Waals surface area (Å²) in [5.74, 6) is 1.70. The van der Waals surface area contributed by atoms with Gasteiger partial charge in [-0.05, 0) is 48.8 Å². The van der Waals surface area contributed by atoms with E-state index in [2.05, 4.69) is 43.4 Å². The molecular formula is C16H25N. The highest BCUT2D eigenvalue weighted by atomic mass is 14.9. The van der Waals surface area contributed by atoms with Gasteiger partial charge in [-0.15, -0.1) is 0 Å². The van der Waals surface area contributed by atoms with Crippen molar-refractivity contribution in [2.45, 2.75) is 46.1 Å². The molecule has 0 aliphatic heterocycles. The van der Waals surface area contributed by atoms with Crippen LogP contribution in [0.1, 0.15) is 44.2 Å². The van der Waals surface area contributed by atoms with Crippen molar-refractivity contribution in [3.63, 3.8) is 0 Å². The molecule has 1 N–H and O–H groups in total. The molecule has 1 aliphatic carbocycles. The van der Waals surface area contributed by atoms with Crippen LogP contribution in [0.5, 0.6) is 0 Å². The van der Waals surface area contributed by atoms with Crippen molar-refractivity contribution in [2.75, 3.05) is 6.54 Å². The van der Waals surface area contributed by atoms with Crippen LogP contribution in [0.15, 0.2) is 24.3 Å². The van der Waals surface area contributed by atoms with Gasteiger partial charge in [-0.25, -0.2) is 0 Å². The van der Waals surface area contributed by atoms with E-state index in [-0.39, 0.29) is 0 Å². The van der Waals surface area contributed by atoms with E-state index in [0.717, 1.165) is 18.4 Å². The van der Waals surface area contributed by atoms with Gasteiger partial charge >= 0.3 is 0 Å². The third kappa shape index (κ3) is 4.16. The zero-order valence-electron chi connectivity index (χ0n) is 11.2. The average molecular weight is 231 g/mol. The van der Waals surface area contributed by atoms with Crippen molar-refractivity contribution in [3.8, 4) is 0 Å². The molecule has 1 heteroatoms. The van der Waals surface area contributed by atoms with E-state index in [0.29, 0.717) is 0 Å². The molecule has 0 heterocycles. The topological polar surface area (TPSA) is 12.0 Å². The SMILES string of the molecule is CC(C)Cc1ccc(CNCC2CCC2)cc1. The van der Waals surface area contributed by atoms with Crippen LogP contribution in [0.2, 0.25) is 0 Å². The number of benzene rings is 1.